The Labute approximate surface area is 99.6 Å². The SMILES string of the molecule is CCCCCCCCNC(=O)CCC(C)O. The predicted molar refractivity (Wildman–Crippen MR) is 67.3 cm³/mol. The smallest absolute Gasteiger partial charge is 0.220 e. The van der Waals surface area contributed by atoms with Crippen LogP contribution in [0.3, 0.4) is 0 Å². The molecule has 0 saturated heterocycles. The summed E-state index contributed by atoms with van der Waals surface area (Å²) >= 11 is 0. The van der Waals surface area contributed by atoms with Crippen LogP contribution in [-0.4, -0.2) is 23.7 Å². The lowest BCUT2D eigenvalue weighted by Crippen LogP contribution is -2.25. The first-order valence-corrected chi connectivity index (χ1v) is 6.61. The summed E-state index contributed by atoms with van der Waals surface area (Å²) in [7, 11) is 0. The highest BCUT2D eigenvalue weighted by molar-refractivity contribution is 5.75. The molecule has 2 N–H and O–H groups in total. The molecule has 0 aromatic heterocycles. The highest BCUT2D eigenvalue weighted by Crippen LogP contribution is 2.04. The number of unbranched alkanes of at least 4 members (excludes halogenated alkanes) is 5. The fraction of sp³-hybridized carbons (Fsp3) is 0.923. The Kier molecular flexibility index (Phi) is 10.5. The van der Waals surface area contributed by atoms with Crippen LogP contribution in [0, 0.1) is 0 Å². The molecule has 0 aromatic carbocycles. The van der Waals surface area contributed by atoms with E-state index in [1.54, 1.807) is 6.92 Å². The lowest BCUT2D eigenvalue weighted by atomic mass is 10.1. The summed E-state index contributed by atoms with van der Waals surface area (Å²) in [4.78, 5) is 11.3. The van der Waals surface area contributed by atoms with E-state index in [-0.39, 0.29) is 12.0 Å². The molecule has 0 rings (SSSR count). The van der Waals surface area contributed by atoms with E-state index in [9.17, 15) is 4.79 Å². The maximum atomic E-state index is 11.3. The first-order valence-electron chi connectivity index (χ1n) is 6.61. The monoisotopic (exact) mass is 229 g/mol. The third kappa shape index (κ3) is 11.5. The van der Waals surface area contributed by atoms with Gasteiger partial charge in [0.1, 0.15) is 0 Å². The third-order valence-electron chi connectivity index (χ3n) is 2.64. The van der Waals surface area contributed by atoms with E-state index >= 15 is 0 Å². The molecule has 96 valence electrons. The van der Waals surface area contributed by atoms with Crippen molar-refractivity contribution in [2.75, 3.05) is 6.54 Å². The molecular weight excluding hydrogens is 202 g/mol. The van der Waals surface area contributed by atoms with Gasteiger partial charge in [-0.3, -0.25) is 4.79 Å². The van der Waals surface area contributed by atoms with Crippen molar-refractivity contribution >= 4 is 5.91 Å². The molecule has 0 bridgehead atoms. The number of aliphatic hydroxyl groups excluding tert-OH is 1. The van der Waals surface area contributed by atoms with Crippen LogP contribution in [0.15, 0.2) is 0 Å². The van der Waals surface area contributed by atoms with E-state index < -0.39 is 0 Å². The van der Waals surface area contributed by atoms with Crippen LogP contribution < -0.4 is 5.32 Å². The lowest BCUT2D eigenvalue weighted by molar-refractivity contribution is -0.121. The van der Waals surface area contributed by atoms with Gasteiger partial charge in [-0.15, -0.1) is 0 Å². The molecule has 1 unspecified atom stereocenters. The van der Waals surface area contributed by atoms with Crippen LogP contribution in [0.25, 0.3) is 0 Å². The van der Waals surface area contributed by atoms with Crippen LogP contribution in [-0.2, 0) is 4.79 Å². The van der Waals surface area contributed by atoms with Gasteiger partial charge in [0, 0.05) is 13.0 Å². The van der Waals surface area contributed by atoms with Gasteiger partial charge < -0.3 is 10.4 Å². The summed E-state index contributed by atoms with van der Waals surface area (Å²) in [6.45, 7) is 4.70. The Balaban J connectivity index is 3.15. The van der Waals surface area contributed by atoms with Crippen LogP contribution in [0.2, 0.25) is 0 Å². The zero-order valence-electron chi connectivity index (χ0n) is 10.8. The molecule has 1 amide bonds. The van der Waals surface area contributed by atoms with Crippen molar-refractivity contribution in [3.05, 3.63) is 0 Å². The number of aliphatic hydroxyl groups is 1. The maximum absolute atomic E-state index is 11.3. The minimum absolute atomic E-state index is 0.0643. The van der Waals surface area contributed by atoms with Gasteiger partial charge in [-0.25, -0.2) is 0 Å². The van der Waals surface area contributed by atoms with Gasteiger partial charge in [-0.05, 0) is 19.8 Å². The Bertz CT molecular complexity index is 169. The van der Waals surface area contributed by atoms with Gasteiger partial charge in [0.25, 0.3) is 0 Å². The molecular formula is C13H27NO2. The number of hydrogen-bond acceptors (Lipinski definition) is 2. The quantitative estimate of drug-likeness (QED) is 0.566. The van der Waals surface area contributed by atoms with Crippen LogP contribution in [0.5, 0.6) is 0 Å². The molecule has 0 heterocycles. The molecule has 0 radical (unpaired) electrons. The third-order valence-corrected chi connectivity index (χ3v) is 2.64. The number of amides is 1. The standard InChI is InChI=1S/C13H27NO2/c1-3-4-5-6-7-8-11-14-13(16)10-9-12(2)15/h12,15H,3-11H2,1-2H3,(H,14,16). The summed E-state index contributed by atoms with van der Waals surface area (Å²) in [5.74, 6) is 0.0643. The first kappa shape index (κ1) is 15.4. The Hall–Kier alpha value is -0.570. The number of carbonyl (C=O) groups excluding carboxylic acids is 1. The summed E-state index contributed by atoms with van der Waals surface area (Å²) in [6.07, 6.45) is 8.08. The largest absolute Gasteiger partial charge is 0.393 e. The predicted octanol–water partition coefficient (Wildman–Crippen LogP) is 2.62. The van der Waals surface area contributed by atoms with Gasteiger partial charge in [0.05, 0.1) is 6.10 Å². The first-order chi connectivity index (χ1) is 7.66. The molecule has 0 aliphatic rings. The molecule has 1 atom stereocenters. The molecule has 0 aromatic rings. The molecule has 0 spiro atoms. The van der Waals surface area contributed by atoms with Crippen LogP contribution in [0.4, 0.5) is 0 Å². The van der Waals surface area contributed by atoms with Crippen molar-refractivity contribution in [1.29, 1.82) is 0 Å². The van der Waals surface area contributed by atoms with Crippen molar-refractivity contribution in [1.82, 2.24) is 5.32 Å². The fourth-order valence-corrected chi connectivity index (χ4v) is 1.56. The van der Waals surface area contributed by atoms with E-state index in [1.165, 1.54) is 32.1 Å². The zero-order valence-corrected chi connectivity index (χ0v) is 10.8. The van der Waals surface area contributed by atoms with Crippen molar-refractivity contribution in [3.63, 3.8) is 0 Å². The topological polar surface area (TPSA) is 49.3 Å². The van der Waals surface area contributed by atoms with Gasteiger partial charge >= 0.3 is 0 Å². The maximum Gasteiger partial charge on any atom is 0.220 e. The van der Waals surface area contributed by atoms with Crippen molar-refractivity contribution in [2.45, 2.75) is 71.3 Å². The van der Waals surface area contributed by atoms with Gasteiger partial charge in [0.15, 0.2) is 0 Å². The molecule has 0 aliphatic heterocycles. The summed E-state index contributed by atoms with van der Waals surface area (Å²) < 4.78 is 0. The van der Waals surface area contributed by atoms with E-state index in [0.717, 1.165) is 13.0 Å². The minimum Gasteiger partial charge on any atom is -0.393 e. The van der Waals surface area contributed by atoms with E-state index in [0.29, 0.717) is 12.8 Å². The van der Waals surface area contributed by atoms with Crippen molar-refractivity contribution in [2.24, 2.45) is 0 Å². The molecule has 16 heavy (non-hydrogen) atoms. The molecule has 0 fully saturated rings. The summed E-state index contributed by atoms with van der Waals surface area (Å²) in [5, 5.41) is 11.9. The Morgan fingerprint density at radius 2 is 1.81 bits per heavy atom. The number of nitrogens with one attached hydrogen (secondary N) is 1. The number of hydrogen-bond donors (Lipinski definition) is 2. The van der Waals surface area contributed by atoms with Crippen LogP contribution in [0.1, 0.15) is 65.2 Å². The second-order valence-electron chi connectivity index (χ2n) is 4.51. The highest BCUT2D eigenvalue weighted by Gasteiger charge is 2.02. The summed E-state index contributed by atoms with van der Waals surface area (Å²) in [5.41, 5.74) is 0. The van der Waals surface area contributed by atoms with Gasteiger partial charge in [-0.1, -0.05) is 39.0 Å². The fourth-order valence-electron chi connectivity index (χ4n) is 1.56. The minimum atomic E-state index is -0.375. The number of carbonyl (C=O) groups is 1. The van der Waals surface area contributed by atoms with Crippen molar-refractivity contribution < 1.29 is 9.90 Å². The molecule has 3 nitrogen and oxygen atoms in total. The molecule has 3 heteroatoms. The van der Waals surface area contributed by atoms with E-state index in [4.69, 9.17) is 5.11 Å². The van der Waals surface area contributed by atoms with Crippen molar-refractivity contribution in [3.8, 4) is 0 Å². The highest BCUT2D eigenvalue weighted by atomic mass is 16.3. The van der Waals surface area contributed by atoms with Crippen LogP contribution >= 0.6 is 0 Å². The second-order valence-corrected chi connectivity index (χ2v) is 4.51. The average Bonchev–Trinajstić information content (AvgIpc) is 2.25. The van der Waals surface area contributed by atoms with E-state index in [1.807, 2.05) is 0 Å². The Morgan fingerprint density at radius 3 is 2.44 bits per heavy atom. The summed E-state index contributed by atoms with van der Waals surface area (Å²) in [6, 6.07) is 0. The van der Waals surface area contributed by atoms with Gasteiger partial charge in [0.2, 0.25) is 5.91 Å². The number of rotatable bonds is 10. The zero-order chi connectivity index (χ0) is 12.2. The van der Waals surface area contributed by atoms with Gasteiger partial charge in [-0.2, -0.15) is 0 Å². The normalized spacial score (nSPS) is 12.4. The average molecular weight is 229 g/mol. The molecule has 0 aliphatic carbocycles. The lowest BCUT2D eigenvalue weighted by Gasteiger charge is -2.06. The molecule has 0 saturated carbocycles. The Morgan fingerprint density at radius 1 is 1.19 bits per heavy atom. The van der Waals surface area contributed by atoms with E-state index in [2.05, 4.69) is 12.2 Å². The second kappa shape index (κ2) is 10.9.